The van der Waals surface area contributed by atoms with Gasteiger partial charge in [-0.3, -0.25) is 9.69 Å². The van der Waals surface area contributed by atoms with Crippen LogP contribution in [-0.4, -0.2) is 56.6 Å². The maximum atomic E-state index is 13.7. The van der Waals surface area contributed by atoms with Gasteiger partial charge in [-0.05, 0) is 48.5 Å². The van der Waals surface area contributed by atoms with E-state index in [0.717, 1.165) is 28.9 Å². The van der Waals surface area contributed by atoms with Crippen molar-refractivity contribution in [3.63, 3.8) is 0 Å². The Kier molecular flexibility index (Phi) is 7.64. The number of hydrogen-bond acceptors (Lipinski definition) is 6. The predicted molar refractivity (Wildman–Crippen MR) is 144 cm³/mol. The Hall–Kier alpha value is -3.07. The highest BCUT2D eigenvalue weighted by atomic mass is 32.2. The normalized spacial score (nSPS) is 11.8. The summed E-state index contributed by atoms with van der Waals surface area (Å²) >= 11 is 1.34. The van der Waals surface area contributed by atoms with E-state index < -0.39 is 9.84 Å². The molecule has 0 aliphatic carbocycles. The van der Waals surface area contributed by atoms with Crippen molar-refractivity contribution in [2.24, 2.45) is 0 Å². The van der Waals surface area contributed by atoms with E-state index in [1.54, 1.807) is 17.0 Å². The molecule has 0 bridgehead atoms. The average molecular weight is 508 g/mol. The van der Waals surface area contributed by atoms with Gasteiger partial charge in [-0.1, -0.05) is 73.7 Å². The van der Waals surface area contributed by atoms with Crippen LogP contribution in [0.1, 0.15) is 24.2 Å². The van der Waals surface area contributed by atoms with Gasteiger partial charge >= 0.3 is 0 Å². The number of carbonyl (C=O) groups is 1. The van der Waals surface area contributed by atoms with Gasteiger partial charge in [0.15, 0.2) is 15.0 Å². The van der Waals surface area contributed by atoms with Crippen LogP contribution in [0.3, 0.4) is 0 Å². The first kappa shape index (κ1) is 25.0. The Bertz CT molecular complexity index is 1410. The van der Waals surface area contributed by atoms with Gasteiger partial charge in [-0.15, -0.1) is 0 Å². The van der Waals surface area contributed by atoms with Crippen molar-refractivity contribution >= 4 is 42.4 Å². The van der Waals surface area contributed by atoms with Crippen LogP contribution in [0.2, 0.25) is 0 Å². The van der Waals surface area contributed by atoms with Gasteiger partial charge in [-0.25, -0.2) is 13.4 Å². The van der Waals surface area contributed by atoms with E-state index in [4.69, 9.17) is 0 Å². The Balaban J connectivity index is 1.71. The van der Waals surface area contributed by atoms with Gasteiger partial charge < -0.3 is 4.90 Å². The van der Waals surface area contributed by atoms with E-state index in [2.05, 4.69) is 23.7 Å². The fourth-order valence-corrected chi connectivity index (χ4v) is 5.90. The third kappa shape index (κ3) is 5.61. The summed E-state index contributed by atoms with van der Waals surface area (Å²) in [5.74, 6) is -0.156. The van der Waals surface area contributed by atoms with Crippen molar-refractivity contribution in [3.8, 4) is 11.1 Å². The maximum Gasteiger partial charge on any atom is 0.260 e. The summed E-state index contributed by atoms with van der Waals surface area (Å²) in [6.07, 6.45) is 1.18. The van der Waals surface area contributed by atoms with Gasteiger partial charge in [-0.2, -0.15) is 0 Å². The molecule has 0 spiro atoms. The summed E-state index contributed by atoms with van der Waals surface area (Å²) in [6, 6.07) is 22.7. The van der Waals surface area contributed by atoms with E-state index in [9.17, 15) is 13.2 Å². The standard InChI is InChI=1S/C27H29N3O3S2/c1-4-29(5-2)18-19-30(27-28-25-23(34-27)12-9-13-24(25)35(3,32)33)26(31)22-16-14-21(15-17-22)20-10-7-6-8-11-20/h6-17H,4-5,18-19H2,1-3H3. The molecule has 6 nitrogen and oxygen atoms in total. The molecule has 0 aliphatic heterocycles. The third-order valence-corrected chi connectivity index (χ3v) is 8.19. The Labute approximate surface area is 210 Å². The summed E-state index contributed by atoms with van der Waals surface area (Å²) < 4.78 is 25.3. The van der Waals surface area contributed by atoms with Gasteiger partial charge in [0.2, 0.25) is 0 Å². The lowest BCUT2D eigenvalue weighted by atomic mass is 10.0. The molecule has 1 amide bonds. The van der Waals surface area contributed by atoms with Crippen LogP contribution in [0.5, 0.6) is 0 Å². The summed E-state index contributed by atoms with van der Waals surface area (Å²) in [6.45, 7) is 7.08. The highest BCUT2D eigenvalue weighted by Crippen LogP contribution is 2.33. The molecule has 4 aromatic rings. The Morgan fingerprint density at radius 1 is 0.857 bits per heavy atom. The molecule has 0 aliphatic rings. The molecule has 0 radical (unpaired) electrons. The minimum atomic E-state index is -3.45. The second-order valence-corrected chi connectivity index (χ2v) is 11.3. The van der Waals surface area contributed by atoms with Gasteiger partial charge in [0, 0.05) is 24.9 Å². The number of rotatable bonds is 9. The molecule has 1 aromatic heterocycles. The fraction of sp³-hybridized carbons (Fsp3) is 0.259. The summed E-state index contributed by atoms with van der Waals surface area (Å²) in [5, 5.41) is 0.500. The molecule has 0 saturated heterocycles. The molecular formula is C27H29N3O3S2. The number of thiazole rings is 1. The molecule has 8 heteroatoms. The third-order valence-electron chi connectivity index (χ3n) is 6.02. The topological polar surface area (TPSA) is 70.6 Å². The maximum absolute atomic E-state index is 13.7. The minimum absolute atomic E-state index is 0.156. The number of likely N-dealkylation sites (N-methyl/N-ethyl adjacent to an activating group) is 1. The Morgan fingerprint density at radius 2 is 1.51 bits per heavy atom. The SMILES string of the molecule is CCN(CC)CCN(C(=O)c1ccc(-c2ccccc2)cc1)c1nc2c(S(C)(=O)=O)cccc2s1. The van der Waals surface area contributed by atoms with Gasteiger partial charge in [0.05, 0.1) is 9.60 Å². The quantitative estimate of drug-likeness (QED) is 0.305. The van der Waals surface area contributed by atoms with Crippen molar-refractivity contribution in [2.45, 2.75) is 18.7 Å². The molecule has 182 valence electrons. The van der Waals surface area contributed by atoms with Gasteiger partial charge in [0.1, 0.15) is 5.52 Å². The number of sulfone groups is 1. The van der Waals surface area contributed by atoms with E-state index in [-0.39, 0.29) is 10.8 Å². The van der Waals surface area contributed by atoms with Gasteiger partial charge in [0.25, 0.3) is 5.91 Å². The highest BCUT2D eigenvalue weighted by Gasteiger charge is 2.24. The number of nitrogens with zero attached hydrogens (tertiary/aromatic N) is 3. The van der Waals surface area contributed by atoms with Crippen molar-refractivity contribution in [1.82, 2.24) is 9.88 Å². The lowest BCUT2D eigenvalue weighted by molar-refractivity contribution is 0.0984. The molecule has 35 heavy (non-hydrogen) atoms. The number of aromatic nitrogens is 1. The smallest absolute Gasteiger partial charge is 0.260 e. The zero-order chi connectivity index (χ0) is 25.0. The molecule has 0 fully saturated rings. The molecule has 0 saturated carbocycles. The lowest BCUT2D eigenvalue weighted by Gasteiger charge is -2.24. The molecule has 0 N–H and O–H groups in total. The average Bonchev–Trinajstić information content (AvgIpc) is 3.30. The van der Waals surface area contributed by atoms with Crippen LogP contribution >= 0.6 is 11.3 Å². The number of anilines is 1. The zero-order valence-corrected chi connectivity index (χ0v) is 21.8. The number of fused-ring (bicyclic) bond motifs is 1. The molecule has 3 aromatic carbocycles. The number of carbonyl (C=O) groups excluding carboxylic acids is 1. The molecule has 0 atom stereocenters. The predicted octanol–water partition coefficient (Wildman–Crippen LogP) is 5.36. The molecule has 0 unspecified atom stereocenters. The van der Waals surface area contributed by atoms with Crippen LogP contribution in [0.25, 0.3) is 21.3 Å². The summed E-state index contributed by atoms with van der Waals surface area (Å²) in [7, 11) is -3.45. The molecule has 1 heterocycles. The second kappa shape index (κ2) is 10.7. The van der Waals surface area contributed by atoms with Crippen molar-refractivity contribution in [2.75, 3.05) is 37.3 Å². The lowest BCUT2D eigenvalue weighted by Crippen LogP contribution is -2.38. The second-order valence-electron chi connectivity index (χ2n) is 8.30. The van der Waals surface area contributed by atoms with Crippen LogP contribution in [0, 0.1) is 0 Å². The van der Waals surface area contributed by atoms with Crippen LogP contribution in [-0.2, 0) is 9.84 Å². The van der Waals surface area contributed by atoms with Crippen LogP contribution in [0.4, 0.5) is 5.13 Å². The largest absolute Gasteiger partial charge is 0.302 e. The van der Waals surface area contributed by atoms with Crippen molar-refractivity contribution in [1.29, 1.82) is 0 Å². The highest BCUT2D eigenvalue weighted by molar-refractivity contribution is 7.91. The van der Waals surface area contributed by atoms with Crippen molar-refractivity contribution < 1.29 is 13.2 Å². The first-order chi connectivity index (χ1) is 16.8. The monoisotopic (exact) mass is 507 g/mol. The van der Waals surface area contributed by atoms with E-state index in [1.165, 1.54) is 17.6 Å². The first-order valence-electron chi connectivity index (χ1n) is 11.6. The van der Waals surface area contributed by atoms with E-state index in [1.807, 2.05) is 60.7 Å². The number of amides is 1. The van der Waals surface area contributed by atoms with Crippen LogP contribution < -0.4 is 4.90 Å². The summed E-state index contributed by atoms with van der Waals surface area (Å²) in [5.41, 5.74) is 3.10. The summed E-state index contributed by atoms with van der Waals surface area (Å²) in [4.78, 5) is 22.4. The van der Waals surface area contributed by atoms with Crippen molar-refractivity contribution in [3.05, 3.63) is 78.4 Å². The number of hydrogen-bond donors (Lipinski definition) is 0. The van der Waals surface area contributed by atoms with E-state index in [0.29, 0.717) is 29.3 Å². The molecular weight excluding hydrogens is 478 g/mol. The van der Waals surface area contributed by atoms with Crippen LogP contribution in [0.15, 0.2) is 77.7 Å². The van der Waals surface area contributed by atoms with E-state index >= 15 is 0 Å². The first-order valence-corrected chi connectivity index (χ1v) is 14.3. The zero-order valence-electron chi connectivity index (χ0n) is 20.1. The molecule has 4 rings (SSSR count). The Morgan fingerprint density at radius 3 is 2.14 bits per heavy atom. The number of benzene rings is 3. The minimum Gasteiger partial charge on any atom is -0.302 e. The number of para-hydroxylation sites is 1. The fourth-order valence-electron chi connectivity index (χ4n) is 3.98.